The number of imidazole rings is 1. The van der Waals surface area contributed by atoms with Gasteiger partial charge in [0.2, 0.25) is 5.91 Å². The number of hydrogen-bond donors (Lipinski definition) is 1. The monoisotopic (exact) mass is 293 g/mol. The highest BCUT2D eigenvalue weighted by atomic mass is 35.5. The Bertz CT molecular complexity index is 636. The zero-order valence-corrected chi connectivity index (χ0v) is 12.1. The largest absolute Gasteiger partial charge is 0.383 e. The molecule has 0 aliphatic carbocycles. The van der Waals surface area contributed by atoms with Crippen molar-refractivity contribution in [2.45, 2.75) is 13.0 Å². The minimum Gasteiger partial charge on any atom is -0.383 e. The van der Waals surface area contributed by atoms with E-state index in [4.69, 9.17) is 16.3 Å². The summed E-state index contributed by atoms with van der Waals surface area (Å²) in [5.41, 5.74) is 1.42. The molecule has 0 aromatic carbocycles. The van der Waals surface area contributed by atoms with Crippen molar-refractivity contribution in [1.82, 2.24) is 14.7 Å². The van der Waals surface area contributed by atoms with Crippen LogP contribution in [0.25, 0.3) is 11.7 Å². The summed E-state index contributed by atoms with van der Waals surface area (Å²) in [5.74, 6) is -0.198. The van der Waals surface area contributed by atoms with Crippen LogP contribution in [-0.4, -0.2) is 35.1 Å². The predicted octanol–water partition coefficient (Wildman–Crippen LogP) is 2.15. The molecule has 0 radical (unpaired) electrons. The number of nitrogens with one attached hydrogen (secondary N) is 1. The number of hydrogen-bond acceptors (Lipinski definition) is 3. The van der Waals surface area contributed by atoms with Crippen LogP contribution >= 0.6 is 11.6 Å². The molecule has 0 saturated carbocycles. The number of ether oxygens (including phenoxy) is 1. The van der Waals surface area contributed by atoms with E-state index in [0.29, 0.717) is 17.5 Å². The minimum atomic E-state index is -0.198. The van der Waals surface area contributed by atoms with Gasteiger partial charge in [0.1, 0.15) is 5.65 Å². The molecule has 2 rings (SSSR count). The maximum Gasteiger partial charge on any atom is 0.244 e. The van der Waals surface area contributed by atoms with Crippen LogP contribution in [0, 0.1) is 0 Å². The van der Waals surface area contributed by atoms with Gasteiger partial charge in [0.25, 0.3) is 0 Å². The van der Waals surface area contributed by atoms with Gasteiger partial charge in [-0.15, -0.1) is 0 Å². The molecule has 1 amide bonds. The number of carbonyl (C=O) groups is 1. The number of aromatic nitrogens is 2. The molecule has 1 unspecified atom stereocenters. The fraction of sp³-hybridized carbons (Fsp3) is 0.286. The van der Waals surface area contributed by atoms with Crippen molar-refractivity contribution in [1.29, 1.82) is 0 Å². The second-order valence-corrected chi connectivity index (χ2v) is 4.77. The highest BCUT2D eigenvalue weighted by Crippen LogP contribution is 2.18. The van der Waals surface area contributed by atoms with Crippen LogP contribution in [-0.2, 0) is 9.53 Å². The topological polar surface area (TPSA) is 55.6 Å². The Balaban J connectivity index is 2.13. The first kappa shape index (κ1) is 14.6. The van der Waals surface area contributed by atoms with Crippen LogP contribution in [0.1, 0.15) is 12.6 Å². The first-order chi connectivity index (χ1) is 9.61. The van der Waals surface area contributed by atoms with Crippen LogP contribution in [0.3, 0.4) is 0 Å². The number of halogens is 1. The Morgan fingerprint density at radius 2 is 2.40 bits per heavy atom. The number of fused-ring (bicyclic) bond motifs is 1. The molecular formula is C14H16ClN3O2. The Kier molecular flexibility index (Phi) is 4.76. The van der Waals surface area contributed by atoms with Crippen molar-refractivity contribution in [3.05, 3.63) is 41.3 Å². The summed E-state index contributed by atoms with van der Waals surface area (Å²) in [7, 11) is 1.59. The van der Waals surface area contributed by atoms with Gasteiger partial charge in [-0.1, -0.05) is 17.7 Å². The summed E-state index contributed by atoms with van der Waals surface area (Å²) >= 11 is 6.07. The number of nitrogens with zero attached hydrogens (tertiary/aromatic N) is 2. The Morgan fingerprint density at radius 1 is 1.60 bits per heavy atom. The molecule has 0 aliphatic rings. The first-order valence-electron chi connectivity index (χ1n) is 6.22. The molecule has 5 nitrogen and oxygen atoms in total. The fourth-order valence-corrected chi connectivity index (χ4v) is 2.11. The van der Waals surface area contributed by atoms with Crippen LogP contribution in [0.15, 0.2) is 30.5 Å². The van der Waals surface area contributed by atoms with Gasteiger partial charge in [-0.25, -0.2) is 4.98 Å². The average molecular weight is 294 g/mol. The third-order valence-electron chi connectivity index (χ3n) is 2.72. The maximum atomic E-state index is 11.7. The van der Waals surface area contributed by atoms with Gasteiger partial charge in [0, 0.05) is 25.4 Å². The summed E-state index contributed by atoms with van der Waals surface area (Å²) in [5, 5.41) is 3.15. The van der Waals surface area contributed by atoms with E-state index in [0.717, 1.165) is 5.65 Å². The van der Waals surface area contributed by atoms with E-state index in [2.05, 4.69) is 10.3 Å². The molecule has 20 heavy (non-hydrogen) atoms. The number of carbonyl (C=O) groups excluding carboxylic acids is 1. The smallest absolute Gasteiger partial charge is 0.244 e. The zero-order valence-electron chi connectivity index (χ0n) is 11.3. The average Bonchev–Trinajstić information content (AvgIpc) is 2.72. The van der Waals surface area contributed by atoms with Gasteiger partial charge in [0.05, 0.1) is 12.3 Å². The minimum absolute atomic E-state index is 0.0465. The molecule has 106 valence electrons. The second kappa shape index (κ2) is 6.54. The normalized spacial score (nSPS) is 12.9. The van der Waals surface area contributed by atoms with Crippen molar-refractivity contribution < 1.29 is 9.53 Å². The van der Waals surface area contributed by atoms with Gasteiger partial charge >= 0.3 is 0 Å². The van der Waals surface area contributed by atoms with E-state index < -0.39 is 0 Å². The summed E-state index contributed by atoms with van der Waals surface area (Å²) < 4.78 is 6.78. The quantitative estimate of drug-likeness (QED) is 0.860. The summed E-state index contributed by atoms with van der Waals surface area (Å²) in [4.78, 5) is 16.0. The molecule has 0 spiro atoms. The zero-order chi connectivity index (χ0) is 14.5. The Morgan fingerprint density at radius 3 is 3.15 bits per heavy atom. The van der Waals surface area contributed by atoms with E-state index >= 15 is 0 Å². The first-order valence-corrected chi connectivity index (χ1v) is 6.59. The lowest BCUT2D eigenvalue weighted by molar-refractivity contribution is -0.117. The number of amides is 1. The van der Waals surface area contributed by atoms with E-state index in [1.807, 2.05) is 35.7 Å². The Labute approximate surface area is 122 Å². The van der Waals surface area contributed by atoms with Crippen LogP contribution < -0.4 is 5.32 Å². The van der Waals surface area contributed by atoms with Gasteiger partial charge in [-0.05, 0) is 25.1 Å². The lowest BCUT2D eigenvalue weighted by Crippen LogP contribution is -2.34. The van der Waals surface area contributed by atoms with Gasteiger partial charge in [-0.2, -0.15) is 0 Å². The number of methoxy groups -OCH3 is 1. The fourth-order valence-electron chi connectivity index (χ4n) is 1.87. The summed E-state index contributed by atoms with van der Waals surface area (Å²) in [6, 6.07) is 5.56. The number of rotatable bonds is 5. The SMILES string of the molecule is COCC(C)NC(=O)/C=C/c1c(Cl)nc2ccccn12. The summed E-state index contributed by atoms with van der Waals surface area (Å²) in [6.07, 6.45) is 4.94. The van der Waals surface area contributed by atoms with Gasteiger partial charge in [-0.3, -0.25) is 9.20 Å². The third-order valence-corrected chi connectivity index (χ3v) is 3.00. The van der Waals surface area contributed by atoms with Crippen LogP contribution in [0.4, 0.5) is 0 Å². The lowest BCUT2D eigenvalue weighted by atomic mass is 10.3. The van der Waals surface area contributed by atoms with Crippen molar-refractivity contribution >= 4 is 29.2 Å². The Hall–Kier alpha value is -1.85. The molecule has 1 atom stereocenters. The van der Waals surface area contributed by atoms with E-state index in [9.17, 15) is 4.79 Å². The molecular weight excluding hydrogens is 278 g/mol. The molecule has 0 fully saturated rings. The van der Waals surface area contributed by atoms with E-state index in [1.165, 1.54) is 6.08 Å². The molecule has 6 heteroatoms. The molecule has 0 bridgehead atoms. The second-order valence-electron chi connectivity index (χ2n) is 4.42. The summed E-state index contributed by atoms with van der Waals surface area (Å²) in [6.45, 7) is 2.34. The standard InChI is InChI=1S/C14H16ClN3O2/c1-10(9-20-2)16-13(19)7-6-11-14(15)17-12-5-3-4-8-18(11)12/h3-8,10H,9H2,1-2H3,(H,16,19)/b7-6+. The van der Waals surface area contributed by atoms with Gasteiger partial charge < -0.3 is 10.1 Å². The molecule has 0 aliphatic heterocycles. The highest BCUT2D eigenvalue weighted by molar-refractivity contribution is 6.31. The molecule has 2 heterocycles. The van der Waals surface area contributed by atoms with Crippen LogP contribution in [0.5, 0.6) is 0 Å². The van der Waals surface area contributed by atoms with Gasteiger partial charge in [0.15, 0.2) is 5.15 Å². The molecule has 2 aromatic heterocycles. The van der Waals surface area contributed by atoms with Crippen molar-refractivity contribution in [3.63, 3.8) is 0 Å². The number of pyridine rings is 1. The molecule has 1 N–H and O–H groups in total. The molecule has 2 aromatic rings. The van der Waals surface area contributed by atoms with Crippen molar-refractivity contribution in [2.75, 3.05) is 13.7 Å². The van der Waals surface area contributed by atoms with Crippen molar-refractivity contribution in [3.8, 4) is 0 Å². The third kappa shape index (κ3) is 3.37. The van der Waals surface area contributed by atoms with Crippen molar-refractivity contribution in [2.24, 2.45) is 0 Å². The maximum absolute atomic E-state index is 11.7. The lowest BCUT2D eigenvalue weighted by Gasteiger charge is -2.10. The molecule has 0 saturated heterocycles. The van der Waals surface area contributed by atoms with E-state index in [-0.39, 0.29) is 11.9 Å². The predicted molar refractivity (Wildman–Crippen MR) is 78.7 cm³/mol. The van der Waals surface area contributed by atoms with Crippen LogP contribution in [0.2, 0.25) is 5.15 Å². The highest BCUT2D eigenvalue weighted by Gasteiger charge is 2.08. The van der Waals surface area contributed by atoms with E-state index in [1.54, 1.807) is 13.2 Å².